The van der Waals surface area contributed by atoms with Gasteiger partial charge in [0.15, 0.2) is 0 Å². The molecule has 0 N–H and O–H groups in total. The zero-order chi connectivity index (χ0) is 13.8. The van der Waals surface area contributed by atoms with Crippen LogP contribution in [-0.4, -0.2) is 23.5 Å². The molecule has 0 spiro atoms. The second kappa shape index (κ2) is 11.9. The lowest BCUT2D eigenvalue weighted by Crippen LogP contribution is -2.18. The van der Waals surface area contributed by atoms with E-state index in [0.717, 1.165) is 5.92 Å². The Bertz CT molecular complexity index is 189. The van der Waals surface area contributed by atoms with E-state index in [4.69, 9.17) is 8.85 Å². The normalized spacial score (nSPS) is 17.2. The topological polar surface area (TPSA) is 18.5 Å². The molecule has 3 heteroatoms. The molecule has 0 unspecified atom stereocenters. The quantitative estimate of drug-likeness (QED) is 0.401. The average Bonchev–Trinajstić information content (AvgIpc) is 2.47. The second-order valence-electron chi connectivity index (χ2n) is 6.10. The van der Waals surface area contributed by atoms with E-state index in [9.17, 15) is 0 Å². The van der Waals surface area contributed by atoms with Crippen molar-refractivity contribution in [3.05, 3.63) is 0 Å². The molecule has 1 fully saturated rings. The zero-order valence-electron chi connectivity index (χ0n) is 13.2. The maximum Gasteiger partial charge on any atom is 0.320 e. The second-order valence-corrected chi connectivity index (χ2v) is 8.48. The summed E-state index contributed by atoms with van der Waals surface area (Å²) in [6, 6.07) is 1.18. The predicted octanol–water partition coefficient (Wildman–Crippen LogP) is 4.81. The molecule has 0 atom stereocenters. The van der Waals surface area contributed by atoms with Crippen LogP contribution in [0.1, 0.15) is 77.0 Å². The Kier molecular flexibility index (Phi) is 10.8. The molecule has 1 aliphatic carbocycles. The van der Waals surface area contributed by atoms with Crippen molar-refractivity contribution in [2.75, 3.05) is 14.2 Å². The molecule has 0 saturated heterocycles. The first-order valence-electron chi connectivity index (χ1n) is 8.42. The van der Waals surface area contributed by atoms with Gasteiger partial charge in [-0.05, 0) is 12.0 Å². The maximum absolute atomic E-state index is 5.33. The molecule has 0 aromatic carbocycles. The van der Waals surface area contributed by atoms with Crippen LogP contribution in [0.3, 0.4) is 0 Å². The molecule has 19 heavy (non-hydrogen) atoms. The molecular formula is C16H34O2Si. The molecule has 0 amide bonds. The number of unbranched alkanes of at least 4 members (excludes halogenated alkanes) is 5. The molecule has 2 nitrogen and oxygen atoms in total. The number of hydrogen-bond acceptors (Lipinski definition) is 2. The van der Waals surface area contributed by atoms with E-state index in [0.29, 0.717) is 0 Å². The fourth-order valence-corrected chi connectivity index (χ4v) is 4.54. The van der Waals surface area contributed by atoms with Crippen molar-refractivity contribution < 1.29 is 8.85 Å². The van der Waals surface area contributed by atoms with Crippen molar-refractivity contribution in [1.82, 2.24) is 0 Å². The van der Waals surface area contributed by atoms with Gasteiger partial charge in [-0.3, -0.25) is 0 Å². The molecule has 0 aliphatic heterocycles. The van der Waals surface area contributed by atoms with E-state index < -0.39 is 9.28 Å². The lowest BCUT2D eigenvalue weighted by atomic mass is 9.85. The van der Waals surface area contributed by atoms with E-state index in [1.165, 1.54) is 83.1 Å². The highest BCUT2D eigenvalue weighted by atomic mass is 28.3. The van der Waals surface area contributed by atoms with Gasteiger partial charge >= 0.3 is 9.28 Å². The van der Waals surface area contributed by atoms with Crippen molar-refractivity contribution in [2.24, 2.45) is 5.92 Å². The van der Waals surface area contributed by atoms with Crippen molar-refractivity contribution in [3.8, 4) is 0 Å². The first-order valence-corrected chi connectivity index (χ1v) is 10.2. The van der Waals surface area contributed by atoms with E-state index in [-0.39, 0.29) is 0 Å². The highest BCUT2D eigenvalue weighted by Gasteiger charge is 2.12. The van der Waals surface area contributed by atoms with Crippen LogP contribution in [0.2, 0.25) is 6.04 Å². The minimum Gasteiger partial charge on any atom is -0.400 e. The fourth-order valence-electron chi connectivity index (χ4n) is 3.26. The Labute approximate surface area is 122 Å². The van der Waals surface area contributed by atoms with Gasteiger partial charge in [-0.2, -0.15) is 0 Å². The number of hydrogen-bond donors (Lipinski definition) is 0. The number of rotatable bonds is 11. The first kappa shape index (κ1) is 17.2. The van der Waals surface area contributed by atoms with E-state index in [2.05, 4.69) is 0 Å². The lowest BCUT2D eigenvalue weighted by molar-refractivity contribution is 0.276. The van der Waals surface area contributed by atoms with Crippen LogP contribution >= 0.6 is 0 Å². The largest absolute Gasteiger partial charge is 0.400 e. The van der Waals surface area contributed by atoms with Gasteiger partial charge in [0.1, 0.15) is 0 Å². The highest BCUT2D eigenvalue weighted by molar-refractivity contribution is 6.44. The smallest absolute Gasteiger partial charge is 0.320 e. The molecule has 0 heterocycles. The molecule has 1 aliphatic rings. The third-order valence-electron chi connectivity index (χ3n) is 4.55. The SMILES string of the molecule is CO[SiH](CCCCCCCCC1CCCCC1)OC. The Morgan fingerprint density at radius 3 is 2.00 bits per heavy atom. The molecule has 0 radical (unpaired) electrons. The van der Waals surface area contributed by atoms with Gasteiger partial charge < -0.3 is 8.85 Å². The van der Waals surface area contributed by atoms with Crippen molar-refractivity contribution in [2.45, 2.75) is 83.1 Å². The van der Waals surface area contributed by atoms with Crippen LogP contribution in [0.4, 0.5) is 0 Å². The third kappa shape index (κ3) is 8.82. The fraction of sp³-hybridized carbons (Fsp3) is 1.00. The van der Waals surface area contributed by atoms with Crippen LogP contribution in [-0.2, 0) is 8.85 Å². The molecule has 0 aromatic heterocycles. The Morgan fingerprint density at radius 1 is 0.789 bits per heavy atom. The summed E-state index contributed by atoms with van der Waals surface area (Å²) in [7, 11) is 2.29. The van der Waals surface area contributed by atoms with Crippen LogP contribution in [0, 0.1) is 5.92 Å². The van der Waals surface area contributed by atoms with Gasteiger partial charge in [0.05, 0.1) is 0 Å². The summed E-state index contributed by atoms with van der Waals surface area (Å²) >= 11 is 0. The minimum absolute atomic E-state index is 1.07. The standard InChI is InChI=1S/C16H34O2Si/c1-17-19(18-2)15-11-6-4-3-5-8-12-16-13-9-7-10-14-16/h16,19H,3-15H2,1-2H3. The van der Waals surface area contributed by atoms with Crippen molar-refractivity contribution in [3.63, 3.8) is 0 Å². The Balaban J connectivity index is 1.80. The first-order chi connectivity index (χ1) is 9.36. The third-order valence-corrected chi connectivity index (χ3v) is 6.48. The molecule has 1 saturated carbocycles. The monoisotopic (exact) mass is 286 g/mol. The van der Waals surface area contributed by atoms with Gasteiger partial charge in [-0.15, -0.1) is 0 Å². The summed E-state index contributed by atoms with van der Waals surface area (Å²) in [6.07, 6.45) is 17.4. The molecule has 1 rings (SSSR count). The van der Waals surface area contributed by atoms with E-state index in [1.807, 2.05) is 0 Å². The summed E-state index contributed by atoms with van der Waals surface area (Å²) in [5.74, 6) is 1.07. The summed E-state index contributed by atoms with van der Waals surface area (Å²) in [4.78, 5) is 0. The lowest BCUT2D eigenvalue weighted by Gasteiger charge is -2.21. The predicted molar refractivity (Wildman–Crippen MR) is 84.9 cm³/mol. The maximum atomic E-state index is 5.33. The van der Waals surface area contributed by atoms with Gasteiger partial charge in [0.2, 0.25) is 0 Å². The molecule has 0 bridgehead atoms. The van der Waals surface area contributed by atoms with Gasteiger partial charge in [-0.25, -0.2) is 0 Å². The molecular weight excluding hydrogens is 252 g/mol. The summed E-state index contributed by atoms with van der Waals surface area (Å²) in [5, 5.41) is 0. The van der Waals surface area contributed by atoms with Crippen LogP contribution < -0.4 is 0 Å². The Morgan fingerprint density at radius 2 is 1.37 bits per heavy atom. The van der Waals surface area contributed by atoms with Crippen molar-refractivity contribution in [1.29, 1.82) is 0 Å². The minimum atomic E-state index is -1.28. The van der Waals surface area contributed by atoms with E-state index >= 15 is 0 Å². The Hall–Kier alpha value is 0.137. The van der Waals surface area contributed by atoms with Crippen LogP contribution in [0.5, 0.6) is 0 Å². The summed E-state index contributed by atoms with van der Waals surface area (Å²) in [5.41, 5.74) is 0. The highest BCUT2D eigenvalue weighted by Crippen LogP contribution is 2.28. The van der Waals surface area contributed by atoms with Crippen LogP contribution in [0.15, 0.2) is 0 Å². The molecule has 114 valence electrons. The molecule has 0 aromatic rings. The average molecular weight is 287 g/mol. The summed E-state index contributed by atoms with van der Waals surface area (Å²) in [6.45, 7) is 0. The van der Waals surface area contributed by atoms with Crippen molar-refractivity contribution >= 4 is 9.28 Å². The van der Waals surface area contributed by atoms with Gasteiger partial charge in [-0.1, -0.05) is 77.0 Å². The van der Waals surface area contributed by atoms with Crippen LogP contribution in [0.25, 0.3) is 0 Å². The van der Waals surface area contributed by atoms with E-state index in [1.54, 1.807) is 14.2 Å². The summed E-state index contributed by atoms with van der Waals surface area (Å²) < 4.78 is 10.7. The van der Waals surface area contributed by atoms with Gasteiger partial charge in [0, 0.05) is 14.2 Å². The van der Waals surface area contributed by atoms with Gasteiger partial charge in [0.25, 0.3) is 0 Å². The zero-order valence-corrected chi connectivity index (χ0v) is 14.3.